The largest absolute Gasteiger partial charge is 0.382 e. The van der Waals surface area contributed by atoms with E-state index < -0.39 is 0 Å². The normalized spacial score (nSPS) is 18.0. The molecule has 1 aromatic heterocycles. The summed E-state index contributed by atoms with van der Waals surface area (Å²) < 4.78 is 7.58. The summed E-state index contributed by atoms with van der Waals surface area (Å²) in [6, 6.07) is 2.08. The van der Waals surface area contributed by atoms with Crippen molar-refractivity contribution in [3.63, 3.8) is 0 Å². The lowest BCUT2D eigenvalue weighted by Gasteiger charge is -2.33. The third-order valence-corrected chi connectivity index (χ3v) is 7.22. The molecule has 9 heteroatoms. The predicted octanol–water partition coefficient (Wildman–Crippen LogP) is 3.67. The predicted molar refractivity (Wildman–Crippen MR) is 133 cm³/mol. The highest BCUT2D eigenvalue weighted by Crippen LogP contribution is 2.36. The number of nitriles is 1. The van der Waals surface area contributed by atoms with Crippen LogP contribution >= 0.6 is 24.0 Å². The van der Waals surface area contributed by atoms with Gasteiger partial charge in [0, 0.05) is 45.0 Å². The summed E-state index contributed by atoms with van der Waals surface area (Å²) in [5.41, 5.74) is 1.24. The molecule has 2 fully saturated rings. The van der Waals surface area contributed by atoms with E-state index in [-0.39, 0.29) is 17.0 Å². The first-order valence-electron chi connectivity index (χ1n) is 11.2. The van der Waals surface area contributed by atoms with Crippen LogP contribution in [0.4, 0.5) is 5.82 Å². The number of anilines is 1. The first-order chi connectivity index (χ1) is 15.4. The van der Waals surface area contributed by atoms with E-state index in [1.54, 1.807) is 16.4 Å². The molecule has 0 bridgehead atoms. The molecule has 0 saturated carbocycles. The van der Waals surface area contributed by atoms with Gasteiger partial charge in [-0.05, 0) is 58.1 Å². The Hall–Kier alpha value is -2.15. The number of piperidine rings is 1. The summed E-state index contributed by atoms with van der Waals surface area (Å²) in [6.07, 6.45) is 5.81. The Morgan fingerprint density at radius 1 is 1.22 bits per heavy atom. The number of thioether (sulfide) groups is 1. The summed E-state index contributed by atoms with van der Waals surface area (Å²) in [5, 5.41) is 9.67. The van der Waals surface area contributed by atoms with Crippen molar-refractivity contribution in [1.29, 1.82) is 5.26 Å². The maximum absolute atomic E-state index is 13.1. The molecule has 7 nitrogen and oxygen atoms in total. The van der Waals surface area contributed by atoms with Gasteiger partial charge < -0.3 is 9.64 Å². The fourth-order valence-corrected chi connectivity index (χ4v) is 5.47. The maximum Gasteiger partial charge on any atom is 0.270 e. The molecule has 2 aliphatic rings. The highest BCUT2D eigenvalue weighted by atomic mass is 32.2. The van der Waals surface area contributed by atoms with Gasteiger partial charge >= 0.3 is 0 Å². The van der Waals surface area contributed by atoms with Gasteiger partial charge in [0.05, 0.1) is 4.91 Å². The minimum Gasteiger partial charge on any atom is -0.382 e. The second kappa shape index (κ2) is 11.1. The number of amides is 1. The van der Waals surface area contributed by atoms with Gasteiger partial charge in [-0.2, -0.15) is 5.26 Å². The fourth-order valence-electron chi connectivity index (χ4n) is 4.18. The van der Waals surface area contributed by atoms with E-state index in [0.29, 0.717) is 47.5 Å². The highest BCUT2D eigenvalue weighted by Gasteiger charge is 2.33. The van der Waals surface area contributed by atoms with Gasteiger partial charge in [-0.3, -0.25) is 19.1 Å². The highest BCUT2D eigenvalue weighted by molar-refractivity contribution is 8.26. The standard InChI is InChI=1S/C23H30N4O3S2/c1-4-26-20(25-10-7-6-8-11-25)17(16(3)18(15-24)21(26)28)14-19-22(29)27(23(31)32-19)12-9-13-30-5-2/h14H,4-13H2,1-3H3/b19-14-. The van der Waals surface area contributed by atoms with Crippen molar-refractivity contribution in [2.24, 2.45) is 0 Å². The zero-order chi connectivity index (χ0) is 23.3. The minimum atomic E-state index is -0.270. The summed E-state index contributed by atoms with van der Waals surface area (Å²) >= 11 is 6.74. The number of hydrogen-bond donors (Lipinski definition) is 0. The Labute approximate surface area is 199 Å². The molecular weight excluding hydrogens is 444 g/mol. The van der Waals surface area contributed by atoms with Gasteiger partial charge in [0.15, 0.2) is 0 Å². The SMILES string of the molecule is CCOCCCN1C(=O)/C(=C/c2c(C)c(C#N)c(=O)n(CC)c2N2CCCCC2)SC1=S. The number of pyridine rings is 1. The van der Waals surface area contributed by atoms with Crippen LogP contribution in [0.15, 0.2) is 9.70 Å². The average Bonchev–Trinajstić information content (AvgIpc) is 3.06. The lowest BCUT2D eigenvalue weighted by Crippen LogP contribution is -2.37. The number of hydrogen-bond acceptors (Lipinski definition) is 7. The molecular formula is C23H30N4O3S2. The van der Waals surface area contributed by atoms with Crippen LogP contribution in [0.5, 0.6) is 0 Å². The van der Waals surface area contributed by atoms with Crippen molar-refractivity contribution in [2.75, 3.05) is 37.7 Å². The molecule has 0 spiro atoms. The van der Waals surface area contributed by atoms with E-state index in [1.165, 1.54) is 11.8 Å². The second-order valence-corrected chi connectivity index (χ2v) is 9.51. The molecule has 1 amide bonds. The zero-order valence-electron chi connectivity index (χ0n) is 19.0. The third kappa shape index (κ3) is 4.92. The molecule has 0 N–H and O–H groups in total. The molecule has 0 unspecified atom stereocenters. The van der Waals surface area contributed by atoms with Crippen LogP contribution in [-0.4, -0.2) is 52.5 Å². The second-order valence-electron chi connectivity index (χ2n) is 7.83. The Morgan fingerprint density at radius 2 is 1.94 bits per heavy atom. The van der Waals surface area contributed by atoms with Gasteiger partial charge in [-0.15, -0.1) is 0 Å². The van der Waals surface area contributed by atoms with Crippen molar-refractivity contribution >= 4 is 46.1 Å². The van der Waals surface area contributed by atoms with Crippen LogP contribution in [0, 0.1) is 18.3 Å². The number of thiocarbonyl (C=S) groups is 1. The smallest absolute Gasteiger partial charge is 0.270 e. The number of carbonyl (C=O) groups excluding carboxylic acids is 1. The Morgan fingerprint density at radius 3 is 2.56 bits per heavy atom. The molecule has 3 heterocycles. The average molecular weight is 475 g/mol. The van der Waals surface area contributed by atoms with E-state index in [1.807, 2.05) is 19.9 Å². The van der Waals surface area contributed by atoms with Crippen molar-refractivity contribution < 1.29 is 9.53 Å². The first-order valence-corrected chi connectivity index (χ1v) is 12.4. The number of rotatable bonds is 8. The number of nitrogens with zero attached hydrogens (tertiary/aromatic N) is 4. The number of ether oxygens (including phenoxy) is 1. The van der Waals surface area contributed by atoms with Crippen molar-refractivity contribution in [1.82, 2.24) is 9.47 Å². The molecule has 1 aromatic rings. The summed E-state index contributed by atoms with van der Waals surface area (Å²) in [5.74, 6) is 0.670. The van der Waals surface area contributed by atoms with Crippen molar-refractivity contribution in [2.45, 2.75) is 53.0 Å². The molecule has 0 atom stereocenters. The Balaban J connectivity index is 2.06. The monoisotopic (exact) mass is 474 g/mol. The van der Waals surface area contributed by atoms with Gasteiger partial charge in [0.1, 0.15) is 21.8 Å². The quantitative estimate of drug-likeness (QED) is 0.323. The Kier molecular flexibility index (Phi) is 8.51. The van der Waals surface area contributed by atoms with Crippen molar-refractivity contribution in [3.05, 3.63) is 31.9 Å². The van der Waals surface area contributed by atoms with Crippen LogP contribution in [0.25, 0.3) is 6.08 Å². The van der Waals surface area contributed by atoms with E-state index in [4.69, 9.17) is 17.0 Å². The van der Waals surface area contributed by atoms with Gasteiger partial charge in [0.2, 0.25) is 0 Å². The van der Waals surface area contributed by atoms with Crippen molar-refractivity contribution in [3.8, 4) is 6.07 Å². The van der Waals surface area contributed by atoms with Crippen LogP contribution < -0.4 is 10.5 Å². The Bertz CT molecular complexity index is 1020. The van der Waals surface area contributed by atoms with Gasteiger partial charge in [-0.1, -0.05) is 24.0 Å². The molecule has 2 aliphatic heterocycles. The molecule has 2 saturated heterocycles. The maximum atomic E-state index is 13.1. The van der Waals surface area contributed by atoms with Crippen LogP contribution in [0.3, 0.4) is 0 Å². The number of carbonyl (C=O) groups is 1. The summed E-state index contributed by atoms with van der Waals surface area (Å²) in [4.78, 5) is 30.5. The van der Waals surface area contributed by atoms with Crippen LogP contribution in [-0.2, 0) is 16.1 Å². The lowest BCUT2D eigenvalue weighted by atomic mass is 10.0. The molecule has 3 rings (SSSR count). The summed E-state index contributed by atoms with van der Waals surface area (Å²) in [6.45, 7) is 9.54. The van der Waals surface area contributed by atoms with Crippen LogP contribution in [0.2, 0.25) is 0 Å². The first kappa shape index (κ1) is 24.5. The lowest BCUT2D eigenvalue weighted by molar-refractivity contribution is -0.122. The molecule has 0 aliphatic carbocycles. The molecule has 0 aromatic carbocycles. The third-order valence-electron chi connectivity index (χ3n) is 5.84. The zero-order valence-corrected chi connectivity index (χ0v) is 20.6. The number of aromatic nitrogens is 1. The molecule has 172 valence electrons. The minimum absolute atomic E-state index is 0.131. The molecule has 32 heavy (non-hydrogen) atoms. The van der Waals surface area contributed by atoms with E-state index in [0.717, 1.165) is 43.7 Å². The topological polar surface area (TPSA) is 78.6 Å². The molecule has 0 radical (unpaired) electrons. The van der Waals surface area contributed by atoms with Gasteiger partial charge in [-0.25, -0.2) is 0 Å². The van der Waals surface area contributed by atoms with E-state index >= 15 is 0 Å². The van der Waals surface area contributed by atoms with E-state index in [9.17, 15) is 14.9 Å². The summed E-state index contributed by atoms with van der Waals surface area (Å²) in [7, 11) is 0. The van der Waals surface area contributed by atoms with Crippen LogP contribution in [0.1, 0.15) is 56.2 Å². The van der Waals surface area contributed by atoms with E-state index in [2.05, 4.69) is 11.0 Å². The van der Waals surface area contributed by atoms with Gasteiger partial charge in [0.25, 0.3) is 11.5 Å². The fraction of sp³-hybridized carbons (Fsp3) is 0.565.